The van der Waals surface area contributed by atoms with Gasteiger partial charge >= 0.3 is 0 Å². The Kier molecular flexibility index (Phi) is 5.73. The Hall–Kier alpha value is -3.00. The third-order valence-corrected chi connectivity index (χ3v) is 9.38. The Balaban J connectivity index is 1.03. The molecule has 1 unspecified atom stereocenters. The van der Waals surface area contributed by atoms with Gasteiger partial charge in [0.05, 0.1) is 17.7 Å². The van der Waals surface area contributed by atoms with Crippen molar-refractivity contribution in [3.05, 3.63) is 82.8 Å². The van der Waals surface area contributed by atoms with Crippen LogP contribution < -0.4 is 10.6 Å². The minimum absolute atomic E-state index is 0.0505. The Morgan fingerprint density at radius 3 is 2.47 bits per heavy atom. The lowest BCUT2D eigenvalue weighted by atomic mass is 9.72. The van der Waals surface area contributed by atoms with Crippen molar-refractivity contribution in [3.8, 4) is 0 Å². The highest BCUT2D eigenvalue weighted by molar-refractivity contribution is 5.65. The molecule has 7 rings (SSSR count). The number of likely N-dealkylation sites (tertiary alicyclic amines) is 1. The SMILES string of the molecule is Cc1cc(NCc2ccc(CN3CC(C4=CCN4)C4(CC4)[C@H](O)[C@@]34C[C@H]4O)cc2)cc(C2=COCCO2)c1. The minimum Gasteiger partial charge on any atom is -0.494 e. The number of piperidine rings is 1. The quantitative estimate of drug-likeness (QED) is 0.449. The molecule has 38 heavy (non-hydrogen) atoms. The summed E-state index contributed by atoms with van der Waals surface area (Å²) in [5.74, 6) is 1.10. The predicted octanol–water partition coefficient (Wildman–Crippen LogP) is 3.52. The van der Waals surface area contributed by atoms with Crippen molar-refractivity contribution in [2.75, 3.05) is 31.6 Å². The molecule has 5 aliphatic rings. The van der Waals surface area contributed by atoms with Crippen molar-refractivity contribution in [1.82, 2.24) is 10.2 Å². The molecule has 0 bridgehead atoms. The van der Waals surface area contributed by atoms with E-state index in [1.807, 2.05) is 0 Å². The zero-order valence-corrected chi connectivity index (χ0v) is 22.0. The maximum absolute atomic E-state index is 11.5. The van der Waals surface area contributed by atoms with Crippen molar-refractivity contribution in [1.29, 1.82) is 0 Å². The maximum atomic E-state index is 11.5. The first-order chi connectivity index (χ1) is 18.5. The second kappa shape index (κ2) is 9.04. The summed E-state index contributed by atoms with van der Waals surface area (Å²) in [5.41, 5.74) is 6.39. The number of aryl methyl sites for hydroxylation is 1. The van der Waals surface area contributed by atoms with Crippen molar-refractivity contribution in [3.63, 3.8) is 0 Å². The highest BCUT2D eigenvalue weighted by Crippen LogP contribution is 2.67. The van der Waals surface area contributed by atoms with E-state index in [0.717, 1.165) is 61.6 Å². The lowest BCUT2D eigenvalue weighted by Gasteiger charge is -2.51. The van der Waals surface area contributed by atoms with Gasteiger partial charge in [-0.25, -0.2) is 0 Å². The smallest absolute Gasteiger partial charge is 0.161 e. The molecule has 4 atom stereocenters. The van der Waals surface area contributed by atoms with Crippen LogP contribution in [0.3, 0.4) is 0 Å². The van der Waals surface area contributed by atoms with Gasteiger partial charge in [0.2, 0.25) is 0 Å². The van der Waals surface area contributed by atoms with Crippen molar-refractivity contribution in [2.24, 2.45) is 11.3 Å². The molecule has 2 aliphatic carbocycles. The largest absolute Gasteiger partial charge is 0.494 e. The number of rotatable bonds is 7. The van der Waals surface area contributed by atoms with Crippen LogP contribution >= 0.6 is 0 Å². The Morgan fingerprint density at radius 1 is 1.08 bits per heavy atom. The van der Waals surface area contributed by atoms with Gasteiger partial charge in [0, 0.05) is 54.5 Å². The number of aliphatic hydroxyl groups excluding tert-OH is 2. The average Bonchev–Trinajstić information content (AvgIpc) is 3.82. The van der Waals surface area contributed by atoms with Crippen molar-refractivity contribution < 1.29 is 19.7 Å². The predicted molar refractivity (Wildman–Crippen MR) is 146 cm³/mol. The Morgan fingerprint density at radius 2 is 1.84 bits per heavy atom. The van der Waals surface area contributed by atoms with Crippen LogP contribution in [0.4, 0.5) is 5.69 Å². The van der Waals surface area contributed by atoms with Crippen LogP contribution in [0.25, 0.3) is 5.76 Å². The van der Waals surface area contributed by atoms with Crippen LogP contribution in [0.1, 0.15) is 41.5 Å². The van der Waals surface area contributed by atoms with Gasteiger partial charge in [-0.2, -0.15) is 0 Å². The van der Waals surface area contributed by atoms with Crippen LogP contribution in [-0.2, 0) is 22.6 Å². The number of nitrogens with zero attached hydrogens (tertiary/aromatic N) is 1. The number of benzene rings is 2. The second-order valence-corrected chi connectivity index (χ2v) is 11.8. The molecule has 2 saturated carbocycles. The number of nitrogens with one attached hydrogen (secondary N) is 2. The number of hydrogen-bond donors (Lipinski definition) is 4. The molecular weight excluding hydrogens is 478 g/mol. The third kappa shape index (κ3) is 3.99. The molecule has 2 aromatic carbocycles. The van der Waals surface area contributed by atoms with Gasteiger partial charge in [0.15, 0.2) is 5.76 Å². The summed E-state index contributed by atoms with van der Waals surface area (Å²) in [6.07, 6.45) is 5.83. The van der Waals surface area contributed by atoms with Crippen molar-refractivity contribution >= 4 is 11.4 Å². The van der Waals surface area contributed by atoms with E-state index in [9.17, 15) is 10.2 Å². The highest BCUT2D eigenvalue weighted by atomic mass is 16.6. The van der Waals surface area contributed by atoms with Gasteiger partial charge in [-0.1, -0.05) is 24.3 Å². The van der Waals surface area contributed by atoms with Crippen molar-refractivity contribution in [2.45, 2.75) is 57.0 Å². The van der Waals surface area contributed by atoms with Gasteiger partial charge < -0.3 is 30.3 Å². The average molecular weight is 516 g/mol. The first-order valence-electron chi connectivity index (χ1n) is 13.9. The normalized spacial score (nSPS) is 30.9. The second-order valence-electron chi connectivity index (χ2n) is 11.8. The molecule has 0 radical (unpaired) electrons. The molecule has 7 nitrogen and oxygen atoms in total. The fourth-order valence-corrected chi connectivity index (χ4v) is 6.92. The monoisotopic (exact) mass is 515 g/mol. The van der Waals surface area contributed by atoms with E-state index in [4.69, 9.17) is 9.47 Å². The molecule has 0 aromatic heterocycles. The van der Waals surface area contributed by atoms with Gasteiger partial charge in [0.1, 0.15) is 19.5 Å². The molecule has 2 aromatic rings. The standard InChI is InChI=1S/C31H37N3O4/c1-20-12-23(27-19-37-10-11-38-27)14-24(13-20)33-16-21-2-4-22(5-3-21)17-34-18-25(26-6-9-32-26)30(7-8-30)29(36)31(34)15-28(31)35/h2-6,12-14,19,25,28-29,32-33,35-36H,7-11,15-18H2,1H3/t25?,28-,29+,31+/m1/s1. The number of anilines is 1. The fraction of sp³-hybridized carbons (Fsp3) is 0.484. The first-order valence-corrected chi connectivity index (χ1v) is 13.9. The summed E-state index contributed by atoms with van der Waals surface area (Å²) >= 11 is 0. The van der Waals surface area contributed by atoms with E-state index in [0.29, 0.717) is 25.6 Å². The maximum Gasteiger partial charge on any atom is 0.161 e. The summed E-state index contributed by atoms with van der Waals surface area (Å²) in [6, 6.07) is 15.1. The molecule has 7 heteroatoms. The van der Waals surface area contributed by atoms with Gasteiger partial charge in [-0.3, -0.25) is 4.90 Å². The number of aliphatic hydroxyl groups is 2. The van der Waals surface area contributed by atoms with E-state index in [1.165, 1.54) is 16.8 Å². The zero-order chi connectivity index (χ0) is 25.9. The first kappa shape index (κ1) is 24.1. The van der Waals surface area contributed by atoms with Crippen LogP contribution in [0, 0.1) is 18.3 Å². The molecule has 0 amide bonds. The zero-order valence-electron chi connectivity index (χ0n) is 22.0. The third-order valence-electron chi connectivity index (χ3n) is 9.38. The summed E-state index contributed by atoms with van der Waals surface area (Å²) in [6.45, 7) is 6.51. The number of hydrogen-bond acceptors (Lipinski definition) is 7. The summed E-state index contributed by atoms with van der Waals surface area (Å²) in [5, 5.41) is 29.2. The number of ether oxygens (including phenoxy) is 2. The fourth-order valence-electron chi connectivity index (χ4n) is 6.92. The lowest BCUT2D eigenvalue weighted by molar-refractivity contribution is -0.0996. The lowest BCUT2D eigenvalue weighted by Crippen LogP contribution is -2.62. The molecule has 4 N–H and O–H groups in total. The molecule has 200 valence electrons. The van der Waals surface area contributed by atoms with E-state index < -0.39 is 17.7 Å². The molecule has 1 saturated heterocycles. The molecule has 2 spiro atoms. The van der Waals surface area contributed by atoms with Gasteiger partial charge in [-0.05, 0) is 67.2 Å². The van der Waals surface area contributed by atoms with E-state index >= 15 is 0 Å². The van der Waals surface area contributed by atoms with E-state index in [-0.39, 0.29) is 5.41 Å². The van der Waals surface area contributed by atoms with E-state index in [1.54, 1.807) is 6.26 Å². The summed E-state index contributed by atoms with van der Waals surface area (Å²) < 4.78 is 11.2. The van der Waals surface area contributed by atoms with Gasteiger partial charge in [-0.15, -0.1) is 0 Å². The Labute approximate surface area is 224 Å². The summed E-state index contributed by atoms with van der Waals surface area (Å²) in [7, 11) is 0. The molecular formula is C31H37N3O4. The molecule has 3 fully saturated rings. The molecule has 3 heterocycles. The van der Waals surface area contributed by atoms with Crippen LogP contribution in [0.5, 0.6) is 0 Å². The van der Waals surface area contributed by atoms with E-state index in [2.05, 4.69) is 71.0 Å². The van der Waals surface area contributed by atoms with Gasteiger partial charge in [0.25, 0.3) is 0 Å². The molecule has 3 aliphatic heterocycles. The van der Waals surface area contributed by atoms with Crippen LogP contribution in [0.2, 0.25) is 0 Å². The Bertz CT molecular complexity index is 1280. The topological polar surface area (TPSA) is 86.2 Å². The van der Waals surface area contributed by atoms with Crippen LogP contribution in [0.15, 0.2) is 60.5 Å². The minimum atomic E-state index is -0.483. The van der Waals surface area contributed by atoms with Crippen LogP contribution in [-0.4, -0.2) is 59.2 Å². The highest BCUT2D eigenvalue weighted by Gasteiger charge is 2.74. The summed E-state index contributed by atoms with van der Waals surface area (Å²) in [4.78, 5) is 2.37.